The van der Waals surface area contributed by atoms with Crippen LogP contribution in [-0.4, -0.2) is 13.2 Å². The Hall–Kier alpha value is -2.98. The molecule has 4 heteroatoms. The summed E-state index contributed by atoms with van der Waals surface area (Å²) in [6.45, 7) is 4.15. The third-order valence-electron chi connectivity index (χ3n) is 4.17. The second kappa shape index (κ2) is 5.09. The number of hydrogen-bond acceptors (Lipinski definition) is 4. The number of rotatable bonds is 1. The van der Waals surface area contributed by atoms with Gasteiger partial charge in [-0.1, -0.05) is 12.1 Å². The van der Waals surface area contributed by atoms with E-state index in [0.29, 0.717) is 11.1 Å². The molecule has 22 heavy (non-hydrogen) atoms. The molecule has 2 aromatic rings. The third-order valence-corrected chi connectivity index (χ3v) is 4.17. The van der Waals surface area contributed by atoms with Gasteiger partial charge in [-0.05, 0) is 43.7 Å². The maximum absolute atomic E-state index is 9.51. The monoisotopic (exact) mass is 288 g/mol. The van der Waals surface area contributed by atoms with E-state index >= 15 is 0 Å². The molecular weight excluding hydrogens is 272 g/mol. The lowest BCUT2D eigenvalue weighted by Gasteiger charge is -2.28. The Kier molecular flexibility index (Phi) is 3.23. The molecule has 1 aliphatic heterocycles. The van der Waals surface area contributed by atoms with E-state index in [9.17, 15) is 5.26 Å². The van der Waals surface area contributed by atoms with Crippen molar-refractivity contribution in [2.24, 2.45) is 0 Å². The van der Waals surface area contributed by atoms with E-state index in [0.717, 1.165) is 17.1 Å². The van der Waals surface area contributed by atoms with Crippen LogP contribution >= 0.6 is 0 Å². The van der Waals surface area contributed by atoms with E-state index < -0.39 is 0 Å². The summed E-state index contributed by atoms with van der Waals surface area (Å²) in [6.07, 6.45) is 0.0813. The summed E-state index contributed by atoms with van der Waals surface area (Å²) in [7, 11) is 1.99. The quantitative estimate of drug-likeness (QED) is 0.803. The van der Waals surface area contributed by atoms with E-state index in [2.05, 4.69) is 47.9 Å². The number of nitriles is 2. The van der Waals surface area contributed by atoms with Gasteiger partial charge in [0.15, 0.2) is 0 Å². The van der Waals surface area contributed by atoms with Gasteiger partial charge in [-0.3, -0.25) is 0 Å². The number of fused-ring (bicyclic) bond motifs is 1. The summed E-state index contributed by atoms with van der Waals surface area (Å²) in [5.74, 6) is 0. The Morgan fingerprint density at radius 3 is 2.50 bits per heavy atom. The van der Waals surface area contributed by atoms with Crippen molar-refractivity contribution in [3.05, 3.63) is 53.1 Å². The molecule has 0 amide bonds. The Labute approximate surface area is 130 Å². The lowest BCUT2D eigenvalue weighted by Crippen LogP contribution is -2.35. The van der Waals surface area contributed by atoms with Gasteiger partial charge >= 0.3 is 0 Å². The fourth-order valence-electron chi connectivity index (χ4n) is 2.97. The highest BCUT2D eigenvalue weighted by Crippen LogP contribution is 2.45. The maximum atomic E-state index is 9.51. The van der Waals surface area contributed by atoms with Crippen LogP contribution in [0.15, 0.2) is 36.4 Å². The molecule has 0 bridgehead atoms. The van der Waals surface area contributed by atoms with E-state index in [-0.39, 0.29) is 6.17 Å². The highest BCUT2D eigenvalue weighted by atomic mass is 15.4. The minimum atomic E-state index is 0.0813. The SMILES string of the molecule is Cc1cccc(N2c3c(C#N)cc(C#N)cc3N(C)[C@@H]2C)c1. The van der Waals surface area contributed by atoms with Gasteiger partial charge in [0.2, 0.25) is 0 Å². The average molecular weight is 288 g/mol. The van der Waals surface area contributed by atoms with Gasteiger partial charge in [-0.15, -0.1) is 0 Å². The van der Waals surface area contributed by atoms with Crippen LogP contribution in [-0.2, 0) is 0 Å². The lowest BCUT2D eigenvalue weighted by molar-refractivity contribution is 0.733. The smallest absolute Gasteiger partial charge is 0.103 e. The van der Waals surface area contributed by atoms with Crippen molar-refractivity contribution in [3.8, 4) is 12.1 Å². The summed E-state index contributed by atoms with van der Waals surface area (Å²) in [5, 5.41) is 18.7. The molecule has 0 spiro atoms. The Balaban J connectivity index is 2.26. The molecule has 1 aliphatic rings. The van der Waals surface area contributed by atoms with Crippen molar-refractivity contribution >= 4 is 17.1 Å². The molecule has 4 nitrogen and oxygen atoms in total. The maximum Gasteiger partial charge on any atom is 0.103 e. The predicted molar refractivity (Wildman–Crippen MR) is 87.1 cm³/mol. The van der Waals surface area contributed by atoms with E-state index in [4.69, 9.17) is 5.26 Å². The van der Waals surface area contributed by atoms with Gasteiger partial charge < -0.3 is 9.80 Å². The molecule has 0 unspecified atom stereocenters. The number of aryl methyl sites for hydroxylation is 1. The Morgan fingerprint density at radius 1 is 1.09 bits per heavy atom. The first-order valence-electron chi connectivity index (χ1n) is 7.14. The highest BCUT2D eigenvalue weighted by molar-refractivity contribution is 5.88. The lowest BCUT2D eigenvalue weighted by atomic mass is 10.1. The van der Waals surface area contributed by atoms with E-state index in [1.807, 2.05) is 25.2 Å². The number of hydrogen-bond donors (Lipinski definition) is 0. The summed E-state index contributed by atoms with van der Waals surface area (Å²) in [5.41, 5.74) is 5.08. The van der Waals surface area contributed by atoms with Crippen molar-refractivity contribution in [2.45, 2.75) is 20.0 Å². The van der Waals surface area contributed by atoms with Crippen molar-refractivity contribution in [1.82, 2.24) is 0 Å². The van der Waals surface area contributed by atoms with E-state index in [1.165, 1.54) is 5.56 Å². The molecule has 1 atom stereocenters. The number of anilines is 3. The van der Waals surface area contributed by atoms with Crippen LogP contribution in [0.3, 0.4) is 0 Å². The number of benzene rings is 2. The van der Waals surface area contributed by atoms with Crippen LogP contribution < -0.4 is 9.80 Å². The minimum absolute atomic E-state index is 0.0813. The van der Waals surface area contributed by atoms with Gasteiger partial charge in [0.1, 0.15) is 12.2 Å². The highest BCUT2D eigenvalue weighted by Gasteiger charge is 2.34. The number of nitrogens with zero attached hydrogens (tertiary/aromatic N) is 4. The largest absolute Gasteiger partial charge is 0.352 e. The zero-order valence-electron chi connectivity index (χ0n) is 12.8. The normalized spacial score (nSPS) is 16.1. The van der Waals surface area contributed by atoms with Crippen LogP contribution in [0.25, 0.3) is 0 Å². The van der Waals surface area contributed by atoms with Gasteiger partial charge in [0, 0.05) is 12.7 Å². The van der Waals surface area contributed by atoms with Crippen molar-refractivity contribution in [1.29, 1.82) is 10.5 Å². The molecule has 108 valence electrons. The van der Waals surface area contributed by atoms with Crippen molar-refractivity contribution in [2.75, 3.05) is 16.8 Å². The summed E-state index contributed by atoms with van der Waals surface area (Å²) in [6, 6.07) is 16.1. The molecule has 0 saturated carbocycles. The predicted octanol–water partition coefficient (Wildman–Crippen LogP) is 3.67. The van der Waals surface area contributed by atoms with Crippen molar-refractivity contribution < 1.29 is 0 Å². The molecule has 3 rings (SSSR count). The molecule has 0 radical (unpaired) electrons. The standard InChI is InChI=1S/C18H16N4/c1-12-5-4-6-16(7-12)22-13(2)21(3)17-9-14(10-19)8-15(11-20)18(17)22/h4-9,13H,1-3H3/t13-/m0/s1. The molecule has 0 aromatic heterocycles. The first kappa shape index (κ1) is 14.0. The summed E-state index contributed by atoms with van der Waals surface area (Å²) < 4.78 is 0. The van der Waals surface area contributed by atoms with Crippen LogP contribution in [0.2, 0.25) is 0 Å². The molecule has 0 fully saturated rings. The van der Waals surface area contributed by atoms with Crippen molar-refractivity contribution in [3.63, 3.8) is 0 Å². The molecule has 0 aliphatic carbocycles. The van der Waals surface area contributed by atoms with Gasteiger partial charge in [0.05, 0.1) is 28.6 Å². The van der Waals surface area contributed by atoms with Gasteiger partial charge in [-0.25, -0.2) is 0 Å². The topological polar surface area (TPSA) is 54.1 Å². The molecule has 1 heterocycles. The first-order chi connectivity index (χ1) is 10.6. The summed E-state index contributed by atoms with van der Waals surface area (Å²) >= 11 is 0. The van der Waals surface area contributed by atoms with Crippen LogP contribution in [0.4, 0.5) is 17.1 Å². The zero-order valence-corrected chi connectivity index (χ0v) is 12.8. The fraction of sp³-hybridized carbons (Fsp3) is 0.222. The van der Waals surface area contributed by atoms with Gasteiger partial charge in [-0.2, -0.15) is 10.5 Å². The fourth-order valence-corrected chi connectivity index (χ4v) is 2.97. The summed E-state index contributed by atoms with van der Waals surface area (Å²) in [4.78, 5) is 4.25. The minimum Gasteiger partial charge on any atom is -0.352 e. The van der Waals surface area contributed by atoms with E-state index in [1.54, 1.807) is 6.07 Å². The Bertz CT molecular complexity index is 826. The van der Waals surface area contributed by atoms with Gasteiger partial charge in [0.25, 0.3) is 0 Å². The Morgan fingerprint density at radius 2 is 1.86 bits per heavy atom. The first-order valence-corrected chi connectivity index (χ1v) is 7.14. The second-order valence-electron chi connectivity index (χ2n) is 5.57. The molecule has 2 aromatic carbocycles. The third kappa shape index (κ3) is 1.98. The molecular formula is C18H16N4. The average Bonchev–Trinajstić information content (AvgIpc) is 2.78. The van der Waals surface area contributed by atoms with Crippen LogP contribution in [0.1, 0.15) is 23.6 Å². The zero-order chi connectivity index (χ0) is 15.9. The molecule has 0 saturated heterocycles. The second-order valence-corrected chi connectivity index (χ2v) is 5.57. The van der Waals surface area contributed by atoms with Crippen LogP contribution in [0, 0.1) is 29.6 Å². The molecule has 0 N–H and O–H groups in total. The van der Waals surface area contributed by atoms with Crippen LogP contribution in [0.5, 0.6) is 0 Å².